The zero-order valence-electron chi connectivity index (χ0n) is 7.09. The van der Waals surface area contributed by atoms with Crippen molar-refractivity contribution in [2.24, 2.45) is 0 Å². The number of fused-ring (bicyclic) bond motifs is 1. The SMILES string of the molecule is CC1(C)CCc2ncccc21. The van der Waals surface area contributed by atoms with Crippen molar-refractivity contribution in [2.45, 2.75) is 32.1 Å². The Labute approximate surface area is 67.5 Å². The Kier molecular flexibility index (Phi) is 1.28. The lowest BCUT2D eigenvalue weighted by atomic mass is 9.87. The highest BCUT2D eigenvalue weighted by Gasteiger charge is 2.29. The molecule has 58 valence electrons. The predicted molar refractivity (Wildman–Crippen MR) is 45.6 cm³/mol. The number of hydrogen-bond acceptors (Lipinski definition) is 1. The van der Waals surface area contributed by atoms with Crippen LogP contribution in [0.1, 0.15) is 31.5 Å². The van der Waals surface area contributed by atoms with Gasteiger partial charge < -0.3 is 0 Å². The highest BCUT2D eigenvalue weighted by atomic mass is 14.7. The van der Waals surface area contributed by atoms with E-state index in [-0.39, 0.29) is 0 Å². The van der Waals surface area contributed by atoms with Crippen molar-refractivity contribution in [1.82, 2.24) is 4.98 Å². The van der Waals surface area contributed by atoms with Gasteiger partial charge >= 0.3 is 0 Å². The largest absolute Gasteiger partial charge is 0.261 e. The van der Waals surface area contributed by atoms with Crippen LogP contribution in [-0.2, 0) is 11.8 Å². The van der Waals surface area contributed by atoms with E-state index < -0.39 is 0 Å². The Morgan fingerprint density at radius 1 is 1.45 bits per heavy atom. The minimum Gasteiger partial charge on any atom is -0.261 e. The van der Waals surface area contributed by atoms with Crippen LogP contribution < -0.4 is 0 Å². The lowest BCUT2D eigenvalue weighted by Gasteiger charge is -2.17. The Hall–Kier alpha value is -0.850. The Bertz CT molecular complexity index is 276. The molecule has 1 aliphatic carbocycles. The van der Waals surface area contributed by atoms with E-state index in [1.54, 1.807) is 0 Å². The van der Waals surface area contributed by atoms with Crippen molar-refractivity contribution in [1.29, 1.82) is 0 Å². The highest BCUT2D eigenvalue weighted by Crippen LogP contribution is 2.36. The summed E-state index contributed by atoms with van der Waals surface area (Å²) in [6.45, 7) is 4.58. The summed E-state index contributed by atoms with van der Waals surface area (Å²) in [5.74, 6) is 0. The van der Waals surface area contributed by atoms with E-state index in [1.807, 2.05) is 12.3 Å². The smallest absolute Gasteiger partial charge is 0.0441 e. The normalized spacial score (nSPS) is 19.8. The van der Waals surface area contributed by atoms with Gasteiger partial charge in [0.25, 0.3) is 0 Å². The number of nitrogens with zero attached hydrogens (tertiary/aromatic N) is 1. The van der Waals surface area contributed by atoms with Crippen molar-refractivity contribution >= 4 is 0 Å². The summed E-state index contributed by atoms with van der Waals surface area (Å²) in [7, 11) is 0. The standard InChI is InChI=1S/C10H13N/c1-10(2)6-5-9-8(10)4-3-7-11-9/h3-4,7H,5-6H2,1-2H3. The molecule has 0 atom stereocenters. The molecule has 0 unspecified atom stereocenters. The van der Waals surface area contributed by atoms with E-state index in [4.69, 9.17) is 0 Å². The molecule has 1 aromatic heterocycles. The van der Waals surface area contributed by atoms with Crippen LogP contribution in [0.25, 0.3) is 0 Å². The summed E-state index contributed by atoms with van der Waals surface area (Å²) in [6, 6.07) is 4.24. The molecule has 0 fully saturated rings. The lowest BCUT2D eigenvalue weighted by Crippen LogP contribution is -2.11. The third-order valence-corrected chi connectivity index (χ3v) is 2.61. The van der Waals surface area contributed by atoms with E-state index in [9.17, 15) is 0 Å². The fourth-order valence-electron chi connectivity index (χ4n) is 1.82. The van der Waals surface area contributed by atoms with Gasteiger partial charge in [0.2, 0.25) is 0 Å². The fraction of sp³-hybridized carbons (Fsp3) is 0.500. The van der Waals surface area contributed by atoms with Gasteiger partial charge in [0.15, 0.2) is 0 Å². The number of aromatic nitrogens is 1. The molecule has 2 rings (SSSR count). The average Bonchev–Trinajstić information content (AvgIpc) is 2.29. The van der Waals surface area contributed by atoms with E-state index in [1.165, 1.54) is 17.7 Å². The maximum Gasteiger partial charge on any atom is 0.0441 e. The summed E-state index contributed by atoms with van der Waals surface area (Å²) >= 11 is 0. The first kappa shape index (κ1) is 6.84. The van der Waals surface area contributed by atoms with Gasteiger partial charge in [0.05, 0.1) is 0 Å². The third kappa shape index (κ3) is 0.953. The van der Waals surface area contributed by atoms with Crippen LogP contribution in [0, 0.1) is 0 Å². The first-order valence-electron chi connectivity index (χ1n) is 4.14. The van der Waals surface area contributed by atoms with Crippen LogP contribution in [0.5, 0.6) is 0 Å². The number of rotatable bonds is 0. The zero-order chi connectivity index (χ0) is 7.90. The Morgan fingerprint density at radius 2 is 2.27 bits per heavy atom. The van der Waals surface area contributed by atoms with Crippen molar-refractivity contribution in [3.63, 3.8) is 0 Å². The third-order valence-electron chi connectivity index (χ3n) is 2.61. The first-order valence-corrected chi connectivity index (χ1v) is 4.14. The molecule has 1 nitrogen and oxygen atoms in total. The molecular weight excluding hydrogens is 134 g/mol. The quantitative estimate of drug-likeness (QED) is 0.548. The van der Waals surface area contributed by atoms with Gasteiger partial charge in [0, 0.05) is 11.9 Å². The highest BCUT2D eigenvalue weighted by molar-refractivity contribution is 5.32. The molecule has 0 saturated heterocycles. The number of pyridine rings is 1. The molecule has 0 saturated carbocycles. The van der Waals surface area contributed by atoms with Crippen LogP contribution in [0.3, 0.4) is 0 Å². The summed E-state index contributed by atoms with van der Waals surface area (Å²) in [5, 5.41) is 0. The van der Waals surface area contributed by atoms with Crippen LogP contribution in [0.4, 0.5) is 0 Å². The molecule has 0 radical (unpaired) electrons. The maximum atomic E-state index is 4.35. The van der Waals surface area contributed by atoms with Gasteiger partial charge in [-0.1, -0.05) is 19.9 Å². The fourth-order valence-corrected chi connectivity index (χ4v) is 1.82. The number of hydrogen-bond donors (Lipinski definition) is 0. The minimum absolute atomic E-state index is 0.365. The monoisotopic (exact) mass is 147 g/mol. The van der Waals surface area contributed by atoms with E-state index in [0.29, 0.717) is 5.41 Å². The first-order chi connectivity index (χ1) is 5.20. The molecule has 0 spiro atoms. The second-order valence-electron chi connectivity index (χ2n) is 3.88. The van der Waals surface area contributed by atoms with Crippen molar-refractivity contribution in [2.75, 3.05) is 0 Å². The van der Waals surface area contributed by atoms with Crippen molar-refractivity contribution < 1.29 is 0 Å². The Morgan fingerprint density at radius 3 is 3.00 bits per heavy atom. The van der Waals surface area contributed by atoms with Gasteiger partial charge in [-0.15, -0.1) is 0 Å². The second kappa shape index (κ2) is 2.07. The molecule has 1 heteroatoms. The summed E-state index contributed by atoms with van der Waals surface area (Å²) < 4.78 is 0. The van der Waals surface area contributed by atoms with Gasteiger partial charge in [-0.3, -0.25) is 4.98 Å². The van der Waals surface area contributed by atoms with Gasteiger partial charge in [0.1, 0.15) is 0 Å². The summed E-state index contributed by atoms with van der Waals surface area (Å²) in [4.78, 5) is 4.35. The van der Waals surface area contributed by atoms with Crippen molar-refractivity contribution in [3.05, 3.63) is 29.6 Å². The van der Waals surface area contributed by atoms with E-state index in [2.05, 4.69) is 24.9 Å². The van der Waals surface area contributed by atoms with E-state index in [0.717, 1.165) is 6.42 Å². The average molecular weight is 147 g/mol. The van der Waals surface area contributed by atoms with Gasteiger partial charge in [-0.05, 0) is 29.9 Å². The van der Waals surface area contributed by atoms with Gasteiger partial charge in [-0.2, -0.15) is 0 Å². The van der Waals surface area contributed by atoms with Gasteiger partial charge in [-0.25, -0.2) is 0 Å². The number of aryl methyl sites for hydroxylation is 1. The molecule has 0 aromatic carbocycles. The van der Waals surface area contributed by atoms with E-state index >= 15 is 0 Å². The zero-order valence-corrected chi connectivity index (χ0v) is 7.09. The molecule has 1 heterocycles. The summed E-state index contributed by atoms with van der Waals surface area (Å²) in [6.07, 6.45) is 4.29. The van der Waals surface area contributed by atoms with Crippen LogP contribution in [0.2, 0.25) is 0 Å². The molecule has 0 aliphatic heterocycles. The molecule has 1 aliphatic rings. The lowest BCUT2D eigenvalue weighted by molar-refractivity contribution is 0.522. The maximum absolute atomic E-state index is 4.35. The molecule has 1 aromatic rings. The second-order valence-corrected chi connectivity index (χ2v) is 3.88. The summed E-state index contributed by atoms with van der Waals surface area (Å²) in [5.41, 5.74) is 3.11. The van der Waals surface area contributed by atoms with Crippen molar-refractivity contribution in [3.8, 4) is 0 Å². The molecule has 0 N–H and O–H groups in total. The molecular formula is C10H13N. The van der Waals surface area contributed by atoms with Crippen LogP contribution >= 0.6 is 0 Å². The molecule has 0 amide bonds. The topological polar surface area (TPSA) is 12.9 Å². The van der Waals surface area contributed by atoms with Crippen LogP contribution in [0.15, 0.2) is 18.3 Å². The molecule has 0 bridgehead atoms. The van der Waals surface area contributed by atoms with Crippen LogP contribution in [-0.4, -0.2) is 4.98 Å². The predicted octanol–water partition coefficient (Wildman–Crippen LogP) is 2.31. The minimum atomic E-state index is 0.365. The Balaban J connectivity index is 2.56. The molecule has 11 heavy (non-hydrogen) atoms.